The van der Waals surface area contributed by atoms with Crippen molar-refractivity contribution >= 4 is 22.5 Å². The molecule has 0 bridgehead atoms. The summed E-state index contributed by atoms with van der Waals surface area (Å²) in [6.07, 6.45) is 4.00. The van der Waals surface area contributed by atoms with Gasteiger partial charge in [-0.15, -0.1) is 5.10 Å². The predicted molar refractivity (Wildman–Crippen MR) is 115 cm³/mol. The maximum Gasteiger partial charge on any atom is 0.251 e. The molecule has 0 unspecified atom stereocenters. The van der Waals surface area contributed by atoms with Gasteiger partial charge in [0.15, 0.2) is 5.82 Å². The number of carbonyl (C=O) groups is 1. The highest BCUT2D eigenvalue weighted by molar-refractivity contribution is 5.98. The Kier molecular flexibility index (Phi) is 4.64. The summed E-state index contributed by atoms with van der Waals surface area (Å²) in [6, 6.07) is 12.7. The van der Waals surface area contributed by atoms with Crippen molar-refractivity contribution in [2.45, 2.75) is 25.8 Å². The fourth-order valence-corrected chi connectivity index (χ4v) is 3.92. The third-order valence-corrected chi connectivity index (χ3v) is 5.78. The molecule has 1 aromatic heterocycles. The topological polar surface area (TPSA) is 70.2 Å². The number of rotatable bonds is 4. The molecular formula is C23H25N5O. The Balaban J connectivity index is 1.51. The highest BCUT2D eigenvalue weighted by atomic mass is 16.1. The van der Waals surface area contributed by atoms with E-state index >= 15 is 0 Å². The van der Waals surface area contributed by atoms with Crippen LogP contribution in [-0.2, 0) is 0 Å². The Hall–Kier alpha value is -2.99. The summed E-state index contributed by atoms with van der Waals surface area (Å²) in [5.41, 5.74) is 4.04. The second-order valence-corrected chi connectivity index (χ2v) is 7.98. The largest absolute Gasteiger partial charge is 0.352 e. The van der Waals surface area contributed by atoms with Gasteiger partial charge in [-0.1, -0.05) is 12.1 Å². The summed E-state index contributed by atoms with van der Waals surface area (Å²) in [7, 11) is 0. The number of aryl methyl sites for hydroxylation is 1. The third kappa shape index (κ3) is 3.68. The van der Waals surface area contributed by atoms with Crippen molar-refractivity contribution in [3.05, 3.63) is 53.7 Å². The van der Waals surface area contributed by atoms with Gasteiger partial charge >= 0.3 is 0 Å². The molecular weight excluding hydrogens is 362 g/mol. The second-order valence-electron chi connectivity index (χ2n) is 7.98. The molecule has 29 heavy (non-hydrogen) atoms. The van der Waals surface area contributed by atoms with Crippen LogP contribution in [0.2, 0.25) is 0 Å². The summed E-state index contributed by atoms with van der Waals surface area (Å²) in [5, 5.41) is 17.3. The number of anilines is 1. The van der Waals surface area contributed by atoms with E-state index < -0.39 is 0 Å². The Bertz CT molecular complexity index is 1070. The van der Waals surface area contributed by atoms with Crippen molar-refractivity contribution in [2.75, 3.05) is 31.1 Å². The highest BCUT2D eigenvalue weighted by Crippen LogP contribution is 2.31. The fourth-order valence-electron chi connectivity index (χ4n) is 3.92. The average Bonchev–Trinajstić information content (AvgIpc) is 3.58. The number of hydrogen-bond donors (Lipinski definition) is 2. The molecule has 3 aromatic rings. The van der Waals surface area contributed by atoms with Gasteiger partial charge in [0.05, 0.1) is 6.20 Å². The standard InChI is InChI=1S/C23H25N5O/c1-15-2-3-17(23(29)26-19-5-6-19)13-21(15)16-4-7-20-18(12-16)14-25-27-22(20)28-10-8-24-9-11-28/h2-4,7,12-14,19,24H,5-6,8-11H2,1H3,(H,26,29). The van der Waals surface area contributed by atoms with E-state index in [0.29, 0.717) is 11.6 Å². The number of fused-ring (bicyclic) bond motifs is 1. The molecule has 1 saturated heterocycles. The van der Waals surface area contributed by atoms with Gasteiger partial charge in [-0.25, -0.2) is 0 Å². The molecule has 5 rings (SSSR count). The van der Waals surface area contributed by atoms with Crippen molar-refractivity contribution in [3.8, 4) is 11.1 Å². The van der Waals surface area contributed by atoms with E-state index in [4.69, 9.17) is 0 Å². The minimum absolute atomic E-state index is 0.0152. The molecule has 2 aromatic carbocycles. The van der Waals surface area contributed by atoms with Gasteiger partial charge in [0.1, 0.15) is 0 Å². The minimum Gasteiger partial charge on any atom is -0.352 e. The van der Waals surface area contributed by atoms with E-state index in [-0.39, 0.29) is 5.91 Å². The van der Waals surface area contributed by atoms with Crippen LogP contribution in [-0.4, -0.2) is 48.3 Å². The van der Waals surface area contributed by atoms with Gasteiger partial charge in [-0.2, -0.15) is 5.10 Å². The Morgan fingerprint density at radius 3 is 2.76 bits per heavy atom. The van der Waals surface area contributed by atoms with Gasteiger partial charge in [-0.05, 0) is 60.7 Å². The van der Waals surface area contributed by atoms with Crippen LogP contribution in [0.15, 0.2) is 42.6 Å². The predicted octanol–water partition coefficient (Wildman–Crippen LogP) is 2.91. The second kappa shape index (κ2) is 7.44. The zero-order valence-corrected chi connectivity index (χ0v) is 16.6. The van der Waals surface area contributed by atoms with Gasteiger partial charge in [0.25, 0.3) is 5.91 Å². The first-order valence-corrected chi connectivity index (χ1v) is 10.3. The number of hydrogen-bond acceptors (Lipinski definition) is 5. The van der Waals surface area contributed by atoms with Crippen LogP contribution < -0.4 is 15.5 Å². The van der Waals surface area contributed by atoms with Crippen LogP contribution in [0, 0.1) is 6.92 Å². The third-order valence-electron chi connectivity index (χ3n) is 5.78. The average molecular weight is 387 g/mol. The molecule has 2 fully saturated rings. The van der Waals surface area contributed by atoms with Crippen molar-refractivity contribution < 1.29 is 4.79 Å². The molecule has 2 heterocycles. The molecule has 2 aliphatic rings. The maximum absolute atomic E-state index is 12.5. The Morgan fingerprint density at radius 1 is 1.14 bits per heavy atom. The van der Waals surface area contributed by atoms with E-state index in [1.54, 1.807) is 0 Å². The molecule has 2 N–H and O–H groups in total. The van der Waals surface area contributed by atoms with E-state index in [1.165, 1.54) is 0 Å². The summed E-state index contributed by atoms with van der Waals surface area (Å²) in [6.45, 7) is 5.88. The smallest absolute Gasteiger partial charge is 0.251 e. The minimum atomic E-state index is 0.0152. The van der Waals surface area contributed by atoms with Crippen LogP contribution >= 0.6 is 0 Å². The van der Waals surface area contributed by atoms with E-state index in [9.17, 15) is 4.79 Å². The monoisotopic (exact) mass is 387 g/mol. The van der Waals surface area contributed by atoms with Crippen LogP contribution in [0.4, 0.5) is 5.82 Å². The first-order valence-electron chi connectivity index (χ1n) is 10.3. The summed E-state index contributed by atoms with van der Waals surface area (Å²) < 4.78 is 0. The van der Waals surface area contributed by atoms with Gasteiger partial charge in [0, 0.05) is 48.6 Å². The molecule has 1 saturated carbocycles. The molecule has 6 heteroatoms. The van der Waals surface area contributed by atoms with Crippen molar-refractivity contribution in [1.82, 2.24) is 20.8 Å². The van der Waals surface area contributed by atoms with E-state index in [2.05, 4.69) is 50.9 Å². The summed E-state index contributed by atoms with van der Waals surface area (Å²) >= 11 is 0. The van der Waals surface area contributed by atoms with Crippen LogP contribution in [0.1, 0.15) is 28.8 Å². The quantitative estimate of drug-likeness (QED) is 0.720. The van der Waals surface area contributed by atoms with Gasteiger partial charge in [0.2, 0.25) is 0 Å². The highest BCUT2D eigenvalue weighted by Gasteiger charge is 2.24. The number of carbonyl (C=O) groups excluding carboxylic acids is 1. The van der Waals surface area contributed by atoms with Crippen LogP contribution in [0.5, 0.6) is 0 Å². The van der Waals surface area contributed by atoms with E-state index in [0.717, 1.165) is 72.3 Å². The first-order chi connectivity index (χ1) is 14.2. The zero-order valence-electron chi connectivity index (χ0n) is 16.6. The van der Waals surface area contributed by atoms with Crippen LogP contribution in [0.3, 0.4) is 0 Å². The number of benzene rings is 2. The number of piperazine rings is 1. The Labute approximate surface area is 170 Å². The lowest BCUT2D eigenvalue weighted by Gasteiger charge is -2.28. The molecule has 1 amide bonds. The molecule has 1 aliphatic carbocycles. The number of aromatic nitrogens is 2. The van der Waals surface area contributed by atoms with Crippen LogP contribution in [0.25, 0.3) is 21.9 Å². The van der Waals surface area contributed by atoms with E-state index in [1.807, 2.05) is 24.4 Å². The Morgan fingerprint density at radius 2 is 1.97 bits per heavy atom. The zero-order chi connectivity index (χ0) is 19.8. The normalized spacial score (nSPS) is 16.8. The molecule has 148 valence electrons. The molecule has 0 spiro atoms. The van der Waals surface area contributed by atoms with Crippen molar-refractivity contribution in [3.63, 3.8) is 0 Å². The summed E-state index contributed by atoms with van der Waals surface area (Å²) in [4.78, 5) is 14.8. The lowest BCUT2D eigenvalue weighted by atomic mass is 9.96. The molecule has 0 radical (unpaired) electrons. The number of amides is 1. The molecule has 1 aliphatic heterocycles. The first kappa shape index (κ1) is 18.1. The number of nitrogens with one attached hydrogen (secondary N) is 2. The lowest BCUT2D eigenvalue weighted by Crippen LogP contribution is -2.44. The maximum atomic E-state index is 12.5. The molecule has 6 nitrogen and oxygen atoms in total. The summed E-state index contributed by atoms with van der Waals surface area (Å²) in [5.74, 6) is 0.964. The van der Waals surface area contributed by atoms with Gasteiger partial charge in [-0.3, -0.25) is 4.79 Å². The van der Waals surface area contributed by atoms with Crippen molar-refractivity contribution in [2.24, 2.45) is 0 Å². The van der Waals surface area contributed by atoms with Crippen molar-refractivity contribution in [1.29, 1.82) is 0 Å². The van der Waals surface area contributed by atoms with Gasteiger partial charge < -0.3 is 15.5 Å². The molecule has 0 atom stereocenters. The lowest BCUT2D eigenvalue weighted by molar-refractivity contribution is 0.0951. The number of nitrogens with zero attached hydrogens (tertiary/aromatic N) is 3. The fraction of sp³-hybridized carbons (Fsp3) is 0.348. The SMILES string of the molecule is Cc1ccc(C(=O)NC2CC2)cc1-c1ccc2c(N3CCNCC3)nncc2c1.